The molecule has 0 saturated carbocycles. The number of nitrogens with one attached hydrogen (secondary N) is 1. The molecule has 5 heterocycles. The largest absolute Gasteiger partial charge is 0.399 e. The molecular weight excluding hydrogens is 496 g/mol. The minimum Gasteiger partial charge on any atom is -0.399 e. The smallest absolute Gasteiger partial charge is 0.262 e. The summed E-state index contributed by atoms with van der Waals surface area (Å²) in [6.45, 7) is 6.28. The van der Waals surface area contributed by atoms with Crippen molar-refractivity contribution in [2.45, 2.75) is 37.8 Å². The predicted octanol–water partition coefficient (Wildman–Crippen LogP) is 1.46. The summed E-state index contributed by atoms with van der Waals surface area (Å²) in [4.78, 5) is 58.4. The van der Waals surface area contributed by atoms with Crippen molar-refractivity contribution < 1.29 is 19.2 Å². The zero-order valence-electron chi connectivity index (χ0n) is 21.8. The maximum absolute atomic E-state index is 13.2. The first-order valence-electron chi connectivity index (χ1n) is 13.8. The van der Waals surface area contributed by atoms with Gasteiger partial charge >= 0.3 is 0 Å². The van der Waals surface area contributed by atoms with Crippen LogP contribution in [0.25, 0.3) is 0 Å². The standard InChI is InChI=1S/C29H32N6O4/c30-18-1-3-19(4-2-18)33-14-29(15-33)16-34(17-29)20-9-11-32(12-10-20)21-5-6-22-23(13-21)28(39)35(27(22)38)24-7-8-25(36)31-26(24)37/h1-6,13,20,24H,7-12,14-17,30H2,(H,31,36,37). The molecule has 2 aromatic carbocycles. The van der Waals surface area contributed by atoms with Gasteiger partial charge in [-0.3, -0.25) is 34.3 Å². The average Bonchev–Trinajstić information content (AvgIpc) is 3.13. The fourth-order valence-electron chi connectivity index (χ4n) is 7.05. The van der Waals surface area contributed by atoms with E-state index < -0.39 is 23.8 Å². The molecule has 7 rings (SSSR count). The summed E-state index contributed by atoms with van der Waals surface area (Å²) in [6.07, 6.45) is 2.39. The van der Waals surface area contributed by atoms with Gasteiger partial charge < -0.3 is 15.5 Å². The number of anilines is 3. The lowest BCUT2D eigenvalue weighted by molar-refractivity contribution is -0.136. The fraction of sp³-hybridized carbons (Fsp3) is 0.448. The maximum atomic E-state index is 13.2. The Morgan fingerprint density at radius 1 is 0.769 bits per heavy atom. The number of rotatable bonds is 4. The molecule has 0 radical (unpaired) electrons. The van der Waals surface area contributed by atoms with Crippen LogP contribution in [0.15, 0.2) is 42.5 Å². The molecule has 1 unspecified atom stereocenters. The number of hydrogen-bond acceptors (Lipinski definition) is 8. The number of fused-ring (bicyclic) bond motifs is 1. The van der Waals surface area contributed by atoms with Gasteiger partial charge in [-0.2, -0.15) is 0 Å². The zero-order chi connectivity index (χ0) is 26.9. The Morgan fingerprint density at radius 3 is 2.13 bits per heavy atom. The molecule has 0 aliphatic carbocycles. The van der Waals surface area contributed by atoms with Crippen LogP contribution in [0, 0.1) is 5.41 Å². The van der Waals surface area contributed by atoms with E-state index in [-0.39, 0.29) is 18.7 Å². The number of nitrogens with two attached hydrogens (primary N) is 1. The van der Waals surface area contributed by atoms with Crippen LogP contribution in [0.5, 0.6) is 0 Å². The van der Waals surface area contributed by atoms with Crippen molar-refractivity contribution in [3.63, 3.8) is 0 Å². The predicted molar refractivity (Wildman–Crippen MR) is 145 cm³/mol. The van der Waals surface area contributed by atoms with Gasteiger partial charge in [0.15, 0.2) is 0 Å². The molecule has 1 atom stereocenters. The molecule has 1 spiro atoms. The summed E-state index contributed by atoms with van der Waals surface area (Å²) in [5.41, 5.74) is 9.87. The molecule has 4 saturated heterocycles. The van der Waals surface area contributed by atoms with Crippen LogP contribution in [0.3, 0.4) is 0 Å². The van der Waals surface area contributed by atoms with Crippen LogP contribution in [0.1, 0.15) is 46.4 Å². The van der Waals surface area contributed by atoms with Gasteiger partial charge in [0.05, 0.1) is 11.1 Å². The van der Waals surface area contributed by atoms with E-state index in [1.165, 1.54) is 5.69 Å². The molecule has 10 heteroatoms. The number of nitrogens with zero attached hydrogens (tertiary/aromatic N) is 4. The molecule has 202 valence electrons. The number of likely N-dealkylation sites (tertiary alicyclic amines) is 1. The number of amides is 4. The van der Waals surface area contributed by atoms with Crippen molar-refractivity contribution in [2.24, 2.45) is 5.41 Å². The Kier molecular flexibility index (Phi) is 5.45. The monoisotopic (exact) mass is 528 g/mol. The highest BCUT2D eigenvalue weighted by Crippen LogP contribution is 2.44. The van der Waals surface area contributed by atoms with Crippen molar-refractivity contribution in [2.75, 3.05) is 54.8 Å². The van der Waals surface area contributed by atoms with Crippen molar-refractivity contribution in [1.82, 2.24) is 15.1 Å². The van der Waals surface area contributed by atoms with Crippen LogP contribution in [-0.2, 0) is 9.59 Å². The molecule has 5 aliphatic rings. The number of carbonyl (C=O) groups is 4. The van der Waals surface area contributed by atoms with E-state index in [1.54, 1.807) is 12.1 Å². The first kappa shape index (κ1) is 24.1. The highest BCUT2D eigenvalue weighted by molar-refractivity contribution is 6.23. The van der Waals surface area contributed by atoms with E-state index in [0.29, 0.717) is 22.6 Å². The SMILES string of the molecule is Nc1ccc(N2CC3(C2)CN(C2CCN(c4ccc5c(c4)C(=O)N(C4CCC(=O)NC4=O)C5=O)CC2)C3)cc1. The number of imide groups is 2. The van der Waals surface area contributed by atoms with Crippen molar-refractivity contribution in [1.29, 1.82) is 0 Å². The van der Waals surface area contributed by atoms with E-state index >= 15 is 0 Å². The second kappa shape index (κ2) is 8.81. The fourth-order valence-corrected chi connectivity index (χ4v) is 7.05. The topological polar surface area (TPSA) is 119 Å². The van der Waals surface area contributed by atoms with E-state index in [0.717, 1.165) is 68.4 Å². The van der Waals surface area contributed by atoms with Crippen LogP contribution in [0.4, 0.5) is 17.1 Å². The number of carbonyl (C=O) groups excluding carboxylic acids is 4. The van der Waals surface area contributed by atoms with E-state index in [2.05, 4.69) is 32.1 Å². The number of nitrogen functional groups attached to an aromatic ring is 1. The molecule has 5 aliphatic heterocycles. The second-order valence-corrected chi connectivity index (χ2v) is 11.7. The molecule has 10 nitrogen and oxygen atoms in total. The third-order valence-electron chi connectivity index (χ3n) is 9.16. The minimum absolute atomic E-state index is 0.114. The first-order chi connectivity index (χ1) is 18.8. The summed E-state index contributed by atoms with van der Waals surface area (Å²) >= 11 is 0. The van der Waals surface area contributed by atoms with Crippen molar-refractivity contribution in [3.8, 4) is 0 Å². The van der Waals surface area contributed by atoms with Gasteiger partial charge in [-0.15, -0.1) is 0 Å². The second-order valence-electron chi connectivity index (χ2n) is 11.7. The van der Waals surface area contributed by atoms with Crippen LogP contribution in [-0.4, -0.2) is 84.8 Å². The summed E-state index contributed by atoms with van der Waals surface area (Å²) in [7, 11) is 0. The molecule has 3 N–H and O–H groups in total. The van der Waals surface area contributed by atoms with Gasteiger partial charge in [-0.05, 0) is 61.7 Å². The highest BCUT2D eigenvalue weighted by Gasteiger charge is 2.53. The van der Waals surface area contributed by atoms with Gasteiger partial charge in [0.1, 0.15) is 6.04 Å². The molecule has 39 heavy (non-hydrogen) atoms. The lowest BCUT2D eigenvalue weighted by Gasteiger charge is -2.63. The van der Waals surface area contributed by atoms with Crippen molar-refractivity contribution >= 4 is 40.7 Å². The third-order valence-corrected chi connectivity index (χ3v) is 9.16. The van der Waals surface area contributed by atoms with Gasteiger partial charge in [-0.1, -0.05) is 0 Å². The van der Waals surface area contributed by atoms with Crippen molar-refractivity contribution in [3.05, 3.63) is 53.6 Å². The van der Waals surface area contributed by atoms with Crippen LogP contribution >= 0.6 is 0 Å². The van der Waals surface area contributed by atoms with Crippen LogP contribution in [0.2, 0.25) is 0 Å². The molecule has 4 fully saturated rings. The van der Waals surface area contributed by atoms with Gasteiger partial charge in [-0.25, -0.2) is 0 Å². The van der Waals surface area contributed by atoms with Gasteiger partial charge in [0.25, 0.3) is 11.8 Å². The average molecular weight is 529 g/mol. The summed E-state index contributed by atoms with van der Waals surface area (Å²) in [5.74, 6) is -1.89. The molecular formula is C29H32N6O4. The van der Waals surface area contributed by atoms with E-state index in [9.17, 15) is 19.2 Å². The Labute approximate surface area is 226 Å². The number of benzene rings is 2. The quantitative estimate of drug-likeness (QED) is 0.452. The molecule has 0 bridgehead atoms. The number of hydrogen-bond donors (Lipinski definition) is 2. The normalized spacial score (nSPS) is 25.0. The third kappa shape index (κ3) is 3.96. The lowest BCUT2D eigenvalue weighted by atomic mass is 9.71. The Morgan fingerprint density at radius 2 is 1.44 bits per heavy atom. The number of piperidine rings is 2. The summed E-state index contributed by atoms with van der Waals surface area (Å²) in [6, 6.07) is 13.1. The Hall–Kier alpha value is -3.92. The van der Waals surface area contributed by atoms with Gasteiger partial charge in [0, 0.05) is 74.2 Å². The van der Waals surface area contributed by atoms with Crippen LogP contribution < -0.4 is 20.9 Å². The highest BCUT2D eigenvalue weighted by atomic mass is 16.2. The molecule has 0 aromatic heterocycles. The summed E-state index contributed by atoms with van der Waals surface area (Å²) in [5, 5.41) is 2.24. The lowest BCUT2D eigenvalue weighted by Crippen LogP contribution is -2.74. The minimum atomic E-state index is -0.941. The Balaban J connectivity index is 0.944. The molecule has 2 aromatic rings. The summed E-state index contributed by atoms with van der Waals surface area (Å²) < 4.78 is 0. The molecule has 4 amide bonds. The Bertz CT molecular complexity index is 1370. The van der Waals surface area contributed by atoms with Gasteiger partial charge in [0.2, 0.25) is 11.8 Å². The zero-order valence-corrected chi connectivity index (χ0v) is 21.8. The first-order valence-corrected chi connectivity index (χ1v) is 13.8. The maximum Gasteiger partial charge on any atom is 0.262 e. The van der Waals surface area contributed by atoms with E-state index in [1.807, 2.05) is 18.2 Å². The van der Waals surface area contributed by atoms with E-state index in [4.69, 9.17) is 5.73 Å².